The lowest BCUT2D eigenvalue weighted by Gasteiger charge is -2.10. The third-order valence-corrected chi connectivity index (χ3v) is 4.45. The Bertz CT molecular complexity index is 846. The van der Waals surface area contributed by atoms with Crippen LogP contribution in [0.15, 0.2) is 47.4 Å². The number of hydrogen-bond acceptors (Lipinski definition) is 5. The van der Waals surface area contributed by atoms with E-state index in [1.54, 1.807) is 6.92 Å². The quantitative estimate of drug-likeness (QED) is 0.637. The maximum absolute atomic E-state index is 12.0. The molecule has 0 heterocycles. The summed E-state index contributed by atoms with van der Waals surface area (Å²) in [6.45, 7) is 3.77. The lowest BCUT2D eigenvalue weighted by atomic mass is 10.1. The van der Waals surface area contributed by atoms with Crippen LogP contribution in [-0.2, 0) is 14.8 Å². The van der Waals surface area contributed by atoms with Gasteiger partial charge >= 0.3 is 5.97 Å². The normalized spacial score (nSPS) is 11.1. The highest BCUT2D eigenvalue weighted by Crippen LogP contribution is 2.17. The monoisotopic (exact) mass is 349 g/mol. The van der Waals surface area contributed by atoms with Crippen LogP contribution < -0.4 is 9.88 Å². The molecule has 0 bridgehead atoms. The molecule has 0 unspecified atom stereocenters. The molecule has 0 amide bonds. The summed E-state index contributed by atoms with van der Waals surface area (Å²) in [5.41, 5.74) is 1.58. The number of benzene rings is 2. The molecule has 0 aliphatic carbocycles. The van der Waals surface area contributed by atoms with Crippen LogP contribution in [0, 0.1) is 13.8 Å². The van der Waals surface area contributed by atoms with Crippen molar-refractivity contribution in [2.45, 2.75) is 18.7 Å². The van der Waals surface area contributed by atoms with E-state index in [0.717, 1.165) is 11.3 Å². The molecule has 0 saturated carbocycles. The molecule has 24 heavy (non-hydrogen) atoms. The van der Waals surface area contributed by atoms with Gasteiger partial charge in [-0.15, -0.1) is 0 Å². The Morgan fingerprint density at radius 1 is 1.04 bits per heavy atom. The van der Waals surface area contributed by atoms with E-state index in [1.165, 1.54) is 18.2 Å². The van der Waals surface area contributed by atoms with Crippen LogP contribution in [0.3, 0.4) is 0 Å². The molecule has 0 aliphatic heterocycles. The van der Waals surface area contributed by atoms with Crippen molar-refractivity contribution in [1.82, 2.24) is 0 Å². The lowest BCUT2D eigenvalue weighted by Crippen LogP contribution is -2.16. The third-order valence-electron chi connectivity index (χ3n) is 3.40. The van der Waals surface area contributed by atoms with E-state index < -0.39 is 16.0 Å². The summed E-state index contributed by atoms with van der Waals surface area (Å²) in [4.78, 5) is 11.9. The molecule has 0 saturated heterocycles. The largest absolute Gasteiger partial charge is 0.490 e. The average molecular weight is 349 g/mol. The molecule has 2 rings (SSSR count). The van der Waals surface area contributed by atoms with Gasteiger partial charge in [0.1, 0.15) is 19.0 Å². The van der Waals surface area contributed by atoms with Crippen molar-refractivity contribution in [3.8, 4) is 5.75 Å². The zero-order valence-electron chi connectivity index (χ0n) is 13.5. The van der Waals surface area contributed by atoms with Crippen molar-refractivity contribution in [3.63, 3.8) is 0 Å². The van der Waals surface area contributed by atoms with E-state index in [4.69, 9.17) is 14.6 Å². The van der Waals surface area contributed by atoms with Crippen LogP contribution in [0.5, 0.6) is 5.75 Å². The Hall–Kier alpha value is -2.38. The zero-order valence-corrected chi connectivity index (χ0v) is 14.3. The summed E-state index contributed by atoms with van der Waals surface area (Å²) in [5.74, 6) is 0.0914. The van der Waals surface area contributed by atoms with Crippen LogP contribution in [0.1, 0.15) is 21.5 Å². The average Bonchev–Trinajstić information content (AvgIpc) is 2.52. The van der Waals surface area contributed by atoms with Crippen molar-refractivity contribution in [2.24, 2.45) is 5.14 Å². The van der Waals surface area contributed by atoms with Crippen molar-refractivity contribution < 1.29 is 22.7 Å². The van der Waals surface area contributed by atoms with Crippen LogP contribution >= 0.6 is 0 Å². The van der Waals surface area contributed by atoms with Crippen LogP contribution in [-0.4, -0.2) is 27.6 Å². The first-order valence-corrected chi connectivity index (χ1v) is 8.82. The van der Waals surface area contributed by atoms with Gasteiger partial charge in [0, 0.05) is 0 Å². The van der Waals surface area contributed by atoms with Gasteiger partial charge in [0.25, 0.3) is 0 Å². The molecule has 0 radical (unpaired) electrons. The number of nitrogens with two attached hydrogens (primary N) is 1. The highest BCUT2D eigenvalue weighted by atomic mass is 32.2. The van der Waals surface area contributed by atoms with Gasteiger partial charge in [-0.1, -0.05) is 24.3 Å². The summed E-state index contributed by atoms with van der Waals surface area (Å²) in [6, 6.07) is 11.7. The topological polar surface area (TPSA) is 95.7 Å². The Labute approximate surface area is 141 Å². The number of hydrogen-bond donors (Lipinski definition) is 1. The molecular formula is C17H19NO5S. The number of carbonyl (C=O) groups is 1. The predicted octanol–water partition coefficient (Wildman–Crippen LogP) is 2.19. The Kier molecular flexibility index (Phi) is 5.58. The molecule has 7 heteroatoms. The van der Waals surface area contributed by atoms with E-state index in [-0.39, 0.29) is 23.7 Å². The third kappa shape index (κ3) is 4.56. The molecule has 0 spiro atoms. The molecular weight excluding hydrogens is 330 g/mol. The minimum Gasteiger partial charge on any atom is -0.490 e. The SMILES string of the molecule is Cc1ccccc1OCCOC(=O)c1ccc(C)c(S(N)(=O)=O)c1. The van der Waals surface area contributed by atoms with Gasteiger partial charge in [-0.2, -0.15) is 0 Å². The summed E-state index contributed by atoms with van der Waals surface area (Å²) in [7, 11) is -3.89. The number of primary sulfonamides is 1. The van der Waals surface area contributed by atoms with E-state index in [2.05, 4.69) is 0 Å². The fourth-order valence-electron chi connectivity index (χ4n) is 2.12. The van der Waals surface area contributed by atoms with Gasteiger partial charge in [-0.25, -0.2) is 18.4 Å². The van der Waals surface area contributed by atoms with E-state index in [1.807, 2.05) is 31.2 Å². The molecule has 0 aromatic heterocycles. The number of para-hydroxylation sites is 1. The molecule has 0 fully saturated rings. The number of aryl methyl sites for hydroxylation is 2. The molecule has 0 atom stereocenters. The number of esters is 1. The first-order chi connectivity index (χ1) is 11.3. The summed E-state index contributed by atoms with van der Waals surface area (Å²) in [6.07, 6.45) is 0. The van der Waals surface area contributed by atoms with Gasteiger partial charge in [0.15, 0.2) is 0 Å². The summed E-state index contributed by atoms with van der Waals surface area (Å²) >= 11 is 0. The number of carbonyl (C=O) groups excluding carboxylic acids is 1. The molecule has 128 valence electrons. The molecule has 2 aromatic carbocycles. The Balaban J connectivity index is 1.95. The predicted molar refractivity (Wildman–Crippen MR) is 89.5 cm³/mol. The highest BCUT2D eigenvalue weighted by Gasteiger charge is 2.16. The first kappa shape index (κ1) is 18.0. The van der Waals surface area contributed by atoms with Gasteiger partial charge in [-0.05, 0) is 43.2 Å². The number of ether oxygens (including phenoxy) is 2. The first-order valence-electron chi connectivity index (χ1n) is 7.28. The van der Waals surface area contributed by atoms with Gasteiger partial charge in [-0.3, -0.25) is 0 Å². The van der Waals surface area contributed by atoms with Gasteiger partial charge in [0.2, 0.25) is 10.0 Å². The molecule has 0 aliphatic rings. The highest BCUT2D eigenvalue weighted by molar-refractivity contribution is 7.89. The van der Waals surface area contributed by atoms with Crippen LogP contribution in [0.25, 0.3) is 0 Å². The van der Waals surface area contributed by atoms with Crippen molar-refractivity contribution in [3.05, 3.63) is 59.2 Å². The minimum atomic E-state index is -3.89. The molecule has 6 nitrogen and oxygen atoms in total. The Morgan fingerprint density at radius 2 is 1.75 bits per heavy atom. The minimum absolute atomic E-state index is 0.0474. The second-order valence-electron chi connectivity index (χ2n) is 5.28. The summed E-state index contributed by atoms with van der Waals surface area (Å²) < 4.78 is 33.6. The van der Waals surface area contributed by atoms with Gasteiger partial charge in [0.05, 0.1) is 10.5 Å². The maximum atomic E-state index is 12.0. The van der Waals surface area contributed by atoms with Crippen LogP contribution in [0.4, 0.5) is 0 Å². The molecule has 2 aromatic rings. The lowest BCUT2D eigenvalue weighted by molar-refractivity contribution is 0.0450. The molecule has 2 N–H and O–H groups in total. The second kappa shape index (κ2) is 7.46. The smallest absolute Gasteiger partial charge is 0.338 e. The standard InChI is InChI=1S/C17H19NO5S/c1-12-5-3-4-6-15(12)22-9-10-23-17(19)14-8-7-13(2)16(11-14)24(18,20)21/h3-8,11H,9-10H2,1-2H3,(H2,18,20,21). The van der Waals surface area contributed by atoms with Crippen molar-refractivity contribution >= 4 is 16.0 Å². The second-order valence-corrected chi connectivity index (χ2v) is 6.81. The van der Waals surface area contributed by atoms with Crippen LogP contribution in [0.2, 0.25) is 0 Å². The van der Waals surface area contributed by atoms with Crippen molar-refractivity contribution in [2.75, 3.05) is 13.2 Å². The number of sulfonamides is 1. The van der Waals surface area contributed by atoms with Crippen molar-refractivity contribution in [1.29, 1.82) is 0 Å². The zero-order chi connectivity index (χ0) is 17.7. The van der Waals surface area contributed by atoms with E-state index in [0.29, 0.717) is 5.56 Å². The van der Waals surface area contributed by atoms with E-state index >= 15 is 0 Å². The van der Waals surface area contributed by atoms with Gasteiger partial charge < -0.3 is 9.47 Å². The number of rotatable bonds is 6. The fourth-order valence-corrected chi connectivity index (χ4v) is 2.93. The van der Waals surface area contributed by atoms with E-state index in [9.17, 15) is 13.2 Å². The Morgan fingerprint density at radius 3 is 2.42 bits per heavy atom. The fraction of sp³-hybridized carbons (Fsp3) is 0.235. The maximum Gasteiger partial charge on any atom is 0.338 e. The summed E-state index contributed by atoms with van der Waals surface area (Å²) in [5, 5.41) is 5.13.